The fourth-order valence-corrected chi connectivity index (χ4v) is 2.05. The van der Waals surface area contributed by atoms with Gasteiger partial charge in [-0.15, -0.1) is 0 Å². The first kappa shape index (κ1) is 14.5. The lowest BCUT2D eigenvalue weighted by atomic mass is 10.1. The highest BCUT2D eigenvalue weighted by atomic mass is 35.5. The van der Waals surface area contributed by atoms with Gasteiger partial charge in [-0.05, 0) is 30.3 Å². The fourth-order valence-electron chi connectivity index (χ4n) is 1.61. The molecule has 0 amide bonds. The smallest absolute Gasteiger partial charge is 0.341 e. The number of benzene rings is 2. The zero-order valence-electron chi connectivity index (χ0n) is 10.5. The topological polar surface area (TPSA) is 61.5 Å². The van der Waals surface area contributed by atoms with Crippen molar-refractivity contribution in [2.45, 2.75) is 0 Å². The Morgan fingerprint density at radius 1 is 1.20 bits per heavy atom. The highest BCUT2D eigenvalue weighted by Crippen LogP contribution is 2.36. The number of anilines is 1. The summed E-state index contributed by atoms with van der Waals surface area (Å²) in [5.74, 6) is 0.0000724. The summed E-state index contributed by atoms with van der Waals surface area (Å²) in [4.78, 5) is 11.7. The lowest BCUT2D eigenvalue weighted by molar-refractivity contribution is 0.0598. The second kappa shape index (κ2) is 6.03. The van der Waals surface area contributed by atoms with Gasteiger partial charge >= 0.3 is 5.97 Å². The Morgan fingerprint density at radius 3 is 2.60 bits per heavy atom. The van der Waals surface area contributed by atoms with Crippen LogP contribution in [0, 0.1) is 0 Å². The maximum atomic E-state index is 11.7. The minimum absolute atomic E-state index is 0.198. The molecule has 2 aromatic rings. The number of ether oxygens (including phenoxy) is 2. The minimum Gasteiger partial charge on any atom is -0.465 e. The third kappa shape index (κ3) is 2.98. The van der Waals surface area contributed by atoms with E-state index in [0.29, 0.717) is 21.5 Å². The maximum absolute atomic E-state index is 11.7. The molecule has 6 heteroatoms. The van der Waals surface area contributed by atoms with E-state index in [9.17, 15) is 4.79 Å². The van der Waals surface area contributed by atoms with Gasteiger partial charge in [0, 0.05) is 5.02 Å². The number of nitrogen functional groups attached to an aromatic ring is 1. The van der Waals surface area contributed by atoms with E-state index < -0.39 is 5.97 Å². The molecule has 104 valence electrons. The Bertz CT molecular complexity index is 659. The predicted molar refractivity (Wildman–Crippen MR) is 78.7 cm³/mol. The van der Waals surface area contributed by atoms with Crippen molar-refractivity contribution in [3.63, 3.8) is 0 Å². The summed E-state index contributed by atoms with van der Waals surface area (Å²) in [6.07, 6.45) is 0. The summed E-state index contributed by atoms with van der Waals surface area (Å²) in [5, 5.41) is 0.799. The zero-order chi connectivity index (χ0) is 14.7. The first-order valence-corrected chi connectivity index (χ1v) is 6.38. The van der Waals surface area contributed by atoms with Crippen molar-refractivity contribution in [3.8, 4) is 11.5 Å². The number of nitrogens with two attached hydrogens (primary N) is 1. The molecule has 2 rings (SSSR count). The van der Waals surface area contributed by atoms with E-state index in [1.165, 1.54) is 13.2 Å². The fraction of sp³-hybridized carbons (Fsp3) is 0.0714. The van der Waals surface area contributed by atoms with E-state index in [1.54, 1.807) is 30.3 Å². The van der Waals surface area contributed by atoms with E-state index in [0.717, 1.165) is 0 Å². The summed E-state index contributed by atoms with van der Waals surface area (Å²) in [6, 6.07) is 9.57. The Kier molecular flexibility index (Phi) is 4.37. The molecular weight excluding hydrogens is 301 g/mol. The average molecular weight is 312 g/mol. The zero-order valence-corrected chi connectivity index (χ0v) is 12.0. The number of carbonyl (C=O) groups is 1. The van der Waals surface area contributed by atoms with Crippen LogP contribution in [0.25, 0.3) is 0 Å². The predicted octanol–water partition coefficient (Wildman–Crippen LogP) is 4.15. The molecule has 0 unspecified atom stereocenters. The number of hydrogen-bond acceptors (Lipinski definition) is 4. The van der Waals surface area contributed by atoms with Crippen LogP contribution in [-0.4, -0.2) is 13.1 Å². The number of hydrogen-bond donors (Lipinski definition) is 1. The molecule has 2 aromatic carbocycles. The van der Waals surface area contributed by atoms with Crippen LogP contribution in [0.4, 0.5) is 5.69 Å². The molecule has 0 fully saturated rings. The molecular formula is C14H11Cl2NO3. The quantitative estimate of drug-likeness (QED) is 0.683. The van der Waals surface area contributed by atoms with Gasteiger partial charge in [-0.2, -0.15) is 0 Å². The molecule has 0 saturated heterocycles. The van der Waals surface area contributed by atoms with Gasteiger partial charge in [0.25, 0.3) is 0 Å². The molecule has 20 heavy (non-hydrogen) atoms. The number of carbonyl (C=O) groups excluding carboxylic acids is 1. The number of methoxy groups -OCH3 is 1. The Balaban J connectivity index is 2.45. The highest BCUT2D eigenvalue weighted by molar-refractivity contribution is 6.35. The van der Waals surface area contributed by atoms with Gasteiger partial charge in [-0.1, -0.05) is 29.3 Å². The molecule has 0 atom stereocenters. The maximum Gasteiger partial charge on any atom is 0.341 e. The summed E-state index contributed by atoms with van der Waals surface area (Å²) >= 11 is 11.8. The molecule has 0 bridgehead atoms. The number of esters is 1. The van der Waals surface area contributed by atoms with Crippen LogP contribution >= 0.6 is 23.2 Å². The third-order valence-electron chi connectivity index (χ3n) is 2.56. The molecule has 0 radical (unpaired) electrons. The van der Waals surface area contributed by atoms with Crippen LogP contribution in [0.5, 0.6) is 11.5 Å². The second-order valence-corrected chi connectivity index (χ2v) is 4.74. The van der Waals surface area contributed by atoms with Crippen molar-refractivity contribution in [1.29, 1.82) is 0 Å². The van der Waals surface area contributed by atoms with Gasteiger partial charge in [0.15, 0.2) is 5.75 Å². The summed E-state index contributed by atoms with van der Waals surface area (Å²) in [6.45, 7) is 0. The van der Waals surface area contributed by atoms with Crippen LogP contribution in [0.2, 0.25) is 10.0 Å². The Labute approximate surface area is 126 Å². The van der Waals surface area contributed by atoms with Crippen LogP contribution in [0.15, 0.2) is 36.4 Å². The number of para-hydroxylation sites is 1. The number of rotatable bonds is 3. The molecule has 0 aliphatic carbocycles. The SMILES string of the molecule is COC(=O)c1cccc(N)c1Oc1ccc(Cl)cc1Cl. The average Bonchev–Trinajstić information content (AvgIpc) is 2.42. The first-order chi connectivity index (χ1) is 9.52. The molecule has 0 aliphatic rings. The molecule has 0 heterocycles. The normalized spacial score (nSPS) is 10.2. The Hall–Kier alpha value is -1.91. The van der Waals surface area contributed by atoms with Crippen molar-refractivity contribution >= 4 is 34.9 Å². The molecule has 0 spiro atoms. The summed E-state index contributed by atoms with van der Waals surface area (Å²) in [5.41, 5.74) is 6.37. The van der Waals surface area contributed by atoms with Crippen molar-refractivity contribution in [3.05, 3.63) is 52.0 Å². The van der Waals surface area contributed by atoms with E-state index >= 15 is 0 Å². The van der Waals surface area contributed by atoms with Gasteiger partial charge in [-0.3, -0.25) is 0 Å². The largest absolute Gasteiger partial charge is 0.465 e. The van der Waals surface area contributed by atoms with E-state index in [2.05, 4.69) is 0 Å². The molecule has 0 aromatic heterocycles. The van der Waals surface area contributed by atoms with E-state index in [-0.39, 0.29) is 11.3 Å². The molecule has 0 saturated carbocycles. The van der Waals surface area contributed by atoms with Crippen LogP contribution in [-0.2, 0) is 4.74 Å². The molecule has 2 N–H and O–H groups in total. The van der Waals surface area contributed by atoms with Crippen molar-refractivity contribution < 1.29 is 14.3 Å². The second-order valence-electron chi connectivity index (χ2n) is 3.89. The van der Waals surface area contributed by atoms with Crippen LogP contribution < -0.4 is 10.5 Å². The summed E-state index contributed by atoms with van der Waals surface area (Å²) in [7, 11) is 1.28. The Morgan fingerprint density at radius 2 is 1.95 bits per heavy atom. The third-order valence-corrected chi connectivity index (χ3v) is 3.09. The summed E-state index contributed by atoms with van der Waals surface area (Å²) < 4.78 is 10.3. The molecule has 4 nitrogen and oxygen atoms in total. The number of halogens is 2. The van der Waals surface area contributed by atoms with Gasteiger partial charge < -0.3 is 15.2 Å². The molecule has 0 aliphatic heterocycles. The van der Waals surface area contributed by atoms with Crippen molar-refractivity contribution in [1.82, 2.24) is 0 Å². The van der Waals surface area contributed by atoms with Gasteiger partial charge in [0.05, 0.1) is 17.8 Å². The van der Waals surface area contributed by atoms with E-state index in [4.69, 9.17) is 38.4 Å². The van der Waals surface area contributed by atoms with Crippen LogP contribution in [0.1, 0.15) is 10.4 Å². The monoisotopic (exact) mass is 311 g/mol. The van der Waals surface area contributed by atoms with Gasteiger partial charge in [-0.25, -0.2) is 4.79 Å². The van der Waals surface area contributed by atoms with Crippen LogP contribution in [0.3, 0.4) is 0 Å². The lowest BCUT2D eigenvalue weighted by Gasteiger charge is -2.13. The minimum atomic E-state index is -0.544. The standard InChI is InChI=1S/C14H11Cl2NO3/c1-19-14(18)9-3-2-4-11(17)13(9)20-12-6-5-8(15)7-10(12)16/h2-7H,17H2,1H3. The lowest BCUT2D eigenvalue weighted by Crippen LogP contribution is -2.05. The first-order valence-electron chi connectivity index (χ1n) is 5.62. The van der Waals surface area contributed by atoms with Crippen molar-refractivity contribution in [2.24, 2.45) is 0 Å². The van der Waals surface area contributed by atoms with Crippen molar-refractivity contribution in [2.75, 3.05) is 12.8 Å². The van der Waals surface area contributed by atoms with Gasteiger partial charge in [0.1, 0.15) is 11.3 Å². The van der Waals surface area contributed by atoms with Gasteiger partial charge in [0.2, 0.25) is 0 Å². The highest BCUT2D eigenvalue weighted by Gasteiger charge is 2.17. The van der Waals surface area contributed by atoms with E-state index in [1.807, 2.05) is 0 Å².